The van der Waals surface area contributed by atoms with Crippen LogP contribution in [0.4, 0.5) is 5.69 Å². The van der Waals surface area contributed by atoms with Crippen molar-refractivity contribution in [3.63, 3.8) is 0 Å². The molecule has 1 heterocycles. The van der Waals surface area contributed by atoms with Crippen molar-refractivity contribution in [2.45, 2.75) is 38.1 Å². The van der Waals surface area contributed by atoms with Crippen LogP contribution in [0.25, 0.3) is 0 Å². The normalized spacial score (nSPS) is 19.7. The monoisotopic (exact) mass is 316 g/mol. The van der Waals surface area contributed by atoms with Crippen LogP contribution in [0.5, 0.6) is 0 Å². The Morgan fingerprint density at radius 1 is 1.26 bits per heavy atom. The standard InChI is InChI=1S/C17H20N2O4/c20-15(19(10-16(21)22)13-6-7-13)8-5-12-9-11-3-1-2-4-14(11)18-17(12)23/h1-4,12-13H,5-10H2,(H,18,23)(H,21,22). The first-order valence-corrected chi connectivity index (χ1v) is 7.94. The number of anilines is 1. The predicted octanol–water partition coefficient (Wildman–Crippen LogP) is 1.65. The molecule has 1 unspecified atom stereocenters. The molecule has 6 nitrogen and oxygen atoms in total. The number of benzene rings is 1. The highest BCUT2D eigenvalue weighted by Crippen LogP contribution is 2.30. The summed E-state index contributed by atoms with van der Waals surface area (Å²) in [7, 11) is 0. The van der Waals surface area contributed by atoms with E-state index in [-0.39, 0.29) is 36.7 Å². The molecular formula is C17H20N2O4. The molecule has 2 N–H and O–H groups in total. The Bertz CT molecular complexity index is 639. The van der Waals surface area contributed by atoms with Crippen LogP contribution in [-0.4, -0.2) is 40.4 Å². The fourth-order valence-corrected chi connectivity index (χ4v) is 3.04. The van der Waals surface area contributed by atoms with Crippen LogP contribution in [-0.2, 0) is 20.8 Å². The van der Waals surface area contributed by atoms with Crippen LogP contribution in [0.2, 0.25) is 0 Å². The van der Waals surface area contributed by atoms with Crippen molar-refractivity contribution in [2.75, 3.05) is 11.9 Å². The highest BCUT2D eigenvalue weighted by Gasteiger charge is 2.34. The molecule has 6 heteroatoms. The number of nitrogens with one attached hydrogen (secondary N) is 1. The van der Waals surface area contributed by atoms with Crippen molar-refractivity contribution in [3.05, 3.63) is 29.8 Å². The van der Waals surface area contributed by atoms with Gasteiger partial charge in [-0.15, -0.1) is 0 Å². The van der Waals surface area contributed by atoms with E-state index in [1.54, 1.807) is 0 Å². The number of aliphatic carboxylic acids is 1. The first-order chi connectivity index (χ1) is 11.0. The SMILES string of the molecule is O=C(O)CN(C(=O)CCC1Cc2ccccc2NC1=O)C1CC1. The largest absolute Gasteiger partial charge is 0.480 e. The minimum Gasteiger partial charge on any atom is -0.480 e. The van der Waals surface area contributed by atoms with Crippen molar-refractivity contribution < 1.29 is 19.5 Å². The number of carboxylic acid groups (broad SMARTS) is 1. The summed E-state index contributed by atoms with van der Waals surface area (Å²) in [5.74, 6) is -1.46. The van der Waals surface area contributed by atoms with Gasteiger partial charge in [-0.05, 0) is 37.3 Å². The molecule has 122 valence electrons. The average Bonchev–Trinajstić information content (AvgIpc) is 3.34. The van der Waals surface area contributed by atoms with Crippen LogP contribution in [0.15, 0.2) is 24.3 Å². The number of amides is 2. The van der Waals surface area contributed by atoms with Crippen LogP contribution in [0.1, 0.15) is 31.2 Å². The van der Waals surface area contributed by atoms with E-state index in [2.05, 4.69) is 5.32 Å². The van der Waals surface area contributed by atoms with Gasteiger partial charge in [0.1, 0.15) is 6.54 Å². The van der Waals surface area contributed by atoms with E-state index in [1.807, 2.05) is 24.3 Å². The minimum atomic E-state index is -0.991. The lowest BCUT2D eigenvalue weighted by Gasteiger charge is -2.25. The van der Waals surface area contributed by atoms with Gasteiger partial charge in [0.05, 0.1) is 0 Å². The van der Waals surface area contributed by atoms with E-state index in [0.717, 1.165) is 24.1 Å². The Kier molecular flexibility index (Phi) is 4.32. The molecule has 1 aliphatic heterocycles. The molecule has 0 radical (unpaired) electrons. The van der Waals surface area contributed by atoms with E-state index >= 15 is 0 Å². The number of fused-ring (bicyclic) bond motifs is 1. The van der Waals surface area contributed by atoms with Gasteiger partial charge in [0.25, 0.3) is 0 Å². The first-order valence-electron chi connectivity index (χ1n) is 7.94. The van der Waals surface area contributed by atoms with Crippen LogP contribution >= 0.6 is 0 Å². The Morgan fingerprint density at radius 3 is 2.70 bits per heavy atom. The van der Waals surface area contributed by atoms with E-state index in [4.69, 9.17) is 5.11 Å². The fourth-order valence-electron chi connectivity index (χ4n) is 3.04. The highest BCUT2D eigenvalue weighted by atomic mass is 16.4. The van der Waals surface area contributed by atoms with Gasteiger partial charge in [-0.25, -0.2) is 0 Å². The molecule has 1 atom stereocenters. The average molecular weight is 316 g/mol. The number of carbonyl (C=O) groups is 3. The van der Waals surface area contributed by atoms with E-state index < -0.39 is 5.97 Å². The molecule has 3 rings (SSSR count). The second kappa shape index (κ2) is 6.40. The maximum absolute atomic E-state index is 12.3. The fraction of sp³-hybridized carbons (Fsp3) is 0.471. The summed E-state index contributed by atoms with van der Waals surface area (Å²) < 4.78 is 0. The van der Waals surface area contributed by atoms with Gasteiger partial charge in [-0.3, -0.25) is 14.4 Å². The molecule has 2 aliphatic rings. The maximum atomic E-state index is 12.3. The summed E-state index contributed by atoms with van der Waals surface area (Å²) in [6, 6.07) is 7.73. The second-order valence-electron chi connectivity index (χ2n) is 6.23. The molecule has 23 heavy (non-hydrogen) atoms. The van der Waals surface area contributed by atoms with Gasteiger partial charge >= 0.3 is 5.97 Å². The number of hydrogen-bond acceptors (Lipinski definition) is 3. The molecule has 1 saturated carbocycles. The topological polar surface area (TPSA) is 86.7 Å². The summed E-state index contributed by atoms with van der Waals surface area (Å²) in [5, 5.41) is 11.8. The molecule has 1 aromatic carbocycles. The zero-order chi connectivity index (χ0) is 16.4. The van der Waals surface area contributed by atoms with Crippen molar-refractivity contribution in [2.24, 2.45) is 5.92 Å². The number of carbonyl (C=O) groups excluding carboxylic acids is 2. The maximum Gasteiger partial charge on any atom is 0.323 e. The third kappa shape index (κ3) is 3.70. The molecule has 1 fully saturated rings. The van der Waals surface area contributed by atoms with Crippen molar-refractivity contribution >= 4 is 23.5 Å². The molecule has 0 spiro atoms. The first kappa shape index (κ1) is 15.5. The Hall–Kier alpha value is -2.37. The van der Waals surface area contributed by atoms with Gasteiger partial charge in [-0.2, -0.15) is 0 Å². The highest BCUT2D eigenvalue weighted by molar-refractivity contribution is 5.96. The van der Waals surface area contributed by atoms with Gasteiger partial charge in [0.2, 0.25) is 11.8 Å². The number of nitrogens with zero attached hydrogens (tertiary/aromatic N) is 1. The Balaban J connectivity index is 1.58. The van der Waals surface area contributed by atoms with Gasteiger partial charge in [0, 0.05) is 24.1 Å². The molecule has 0 aromatic heterocycles. The Labute approximate surface area is 134 Å². The van der Waals surface area contributed by atoms with Crippen molar-refractivity contribution in [1.82, 2.24) is 4.90 Å². The summed E-state index contributed by atoms with van der Waals surface area (Å²) in [5.41, 5.74) is 1.92. The smallest absolute Gasteiger partial charge is 0.323 e. The Morgan fingerprint density at radius 2 is 2.00 bits per heavy atom. The van der Waals surface area contributed by atoms with Crippen molar-refractivity contribution in [1.29, 1.82) is 0 Å². The molecule has 2 amide bonds. The molecule has 0 saturated heterocycles. The lowest BCUT2D eigenvalue weighted by Crippen LogP contribution is -2.38. The number of hydrogen-bond donors (Lipinski definition) is 2. The lowest BCUT2D eigenvalue weighted by atomic mass is 9.89. The van der Waals surface area contributed by atoms with E-state index in [0.29, 0.717) is 12.8 Å². The third-order valence-corrected chi connectivity index (χ3v) is 4.43. The van der Waals surface area contributed by atoms with Crippen LogP contribution < -0.4 is 5.32 Å². The van der Waals surface area contributed by atoms with Gasteiger partial charge in [-0.1, -0.05) is 18.2 Å². The second-order valence-corrected chi connectivity index (χ2v) is 6.23. The van der Waals surface area contributed by atoms with Gasteiger partial charge < -0.3 is 15.3 Å². The van der Waals surface area contributed by atoms with Crippen molar-refractivity contribution in [3.8, 4) is 0 Å². The molecular weight excluding hydrogens is 296 g/mol. The molecule has 1 aromatic rings. The lowest BCUT2D eigenvalue weighted by molar-refractivity contribution is -0.145. The van der Waals surface area contributed by atoms with Gasteiger partial charge in [0.15, 0.2) is 0 Å². The quantitative estimate of drug-likeness (QED) is 0.835. The zero-order valence-corrected chi connectivity index (χ0v) is 12.8. The summed E-state index contributed by atoms with van der Waals surface area (Å²) in [6.07, 6.45) is 3.02. The number of rotatable bonds is 6. The molecule has 0 bridgehead atoms. The third-order valence-electron chi connectivity index (χ3n) is 4.43. The minimum absolute atomic E-state index is 0.0623. The number of carboxylic acids is 1. The van der Waals surface area contributed by atoms with Crippen LogP contribution in [0.3, 0.4) is 0 Å². The number of para-hydroxylation sites is 1. The van der Waals surface area contributed by atoms with E-state index in [1.165, 1.54) is 4.90 Å². The van der Waals surface area contributed by atoms with E-state index in [9.17, 15) is 14.4 Å². The zero-order valence-electron chi connectivity index (χ0n) is 12.8. The predicted molar refractivity (Wildman–Crippen MR) is 83.9 cm³/mol. The summed E-state index contributed by atoms with van der Waals surface area (Å²) >= 11 is 0. The van der Waals surface area contributed by atoms with Crippen LogP contribution in [0, 0.1) is 5.92 Å². The summed E-state index contributed by atoms with van der Waals surface area (Å²) in [4.78, 5) is 36.7. The summed E-state index contributed by atoms with van der Waals surface area (Å²) in [6.45, 7) is -0.247. The molecule has 1 aliphatic carbocycles.